The Hall–Kier alpha value is -1.76. The normalized spacial score (nSPS) is 11.6. The number of aromatic nitrogens is 4. The highest BCUT2D eigenvalue weighted by Gasteiger charge is 2.29. The second kappa shape index (κ2) is 5.70. The topological polar surface area (TPSA) is 80.9 Å². The van der Waals surface area contributed by atoms with E-state index >= 15 is 0 Å². The molecule has 0 atom stereocenters. The summed E-state index contributed by atoms with van der Waals surface area (Å²) in [6.07, 6.45) is 0.565. The number of carboxylic acids is 1. The molecule has 0 unspecified atom stereocenters. The Labute approximate surface area is 124 Å². The molecular formula is C13H15BrN4O2. The highest BCUT2D eigenvalue weighted by Crippen LogP contribution is 2.19. The van der Waals surface area contributed by atoms with Crippen LogP contribution < -0.4 is 0 Å². The lowest BCUT2D eigenvalue weighted by atomic mass is 9.94. The zero-order valence-electron chi connectivity index (χ0n) is 11.2. The van der Waals surface area contributed by atoms with Crippen molar-refractivity contribution in [1.29, 1.82) is 0 Å². The fraction of sp³-hybridized carbons (Fsp3) is 0.385. The van der Waals surface area contributed by atoms with Crippen molar-refractivity contribution in [2.45, 2.75) is 26.8 Å². The molecule has 20 heavy (non-hydrogen) atoms. The molecule has 0 bridgehead atoms. The number of halogens is 1. The lowest BCUT2D eigenvalue weighted by Gasteiger charge is -2.19. The summed E-state index contributed by atoms with van der Waals surface area (Å²) in [6, 6.07) is 7.85. The largest absolute Gasteiger partial charge is 0.481 e. The zero-order valence-corrected chi connectivity index (χ0v) is 12.8. The van der Waals surface area contributed by atoms with Gasteiger partial charge in [0.2, 0.25) is 0 Å². The van der Waals surface area contributed by atoms with Gasteiger partial charge in [0.05, 0.1) is 12.0 Å². The molecule has 0 saturated carbocycles. The molecule has 106 valence electrons. The van der Waals surface area contributed by atoms with Crippen LogP contribution in [0.5, 0.6) is 0 Å². The van der Waals surface area contributed by atoms with Gasteiger partial charge in [-0.1, -0.05) is 28.1 Å². The fourth-order valence-corrected chi connectivity index (χ4v) is 1.96. The van der Waals surface area contributed by atoms with E-state index in [1.807, 2.05) is 24.3 Å². The summed E-state index contributed by atoms with van der Waals surface area (Å²) < 4.78 is 2.56. The second-order valence-corrected chi connectivity index (χ2v) is 6.16. The van der Waals surface area contributed by atoms with Crippen LogP contribution in [0.4, 0.5) is 0 Å². The van der Waals surface area contributed by atoms with Gasteiger partial charge >= 0.3 is 5.97 Å². The van der Waals surface area contributed by atoms with Crippen LogP contribution in [-0.4, -0.2) is 31.3 Å². The lowest BCUT2D eigenvalue weighted by Crippen LogP contribution is -2.30. The molecule has 1 aromatic heterocycles. The third kappa shape index (κ3) is 3.41. The number of benzene rings is 1. The van der Waals surface area contributed by atoms with E-state index in [1.54, 1.807) is 18.5 Å². The van der Waals surface area contributed by atoms with Crippen LogP contribution in [0.3, 0.4) is 0 Å². The van der Waals surface area contributed by atoms with Crippen LogP contribution in [0.25, 0.3) is 0 Å². The molecule has 0 amide bonds. The molecule has 0 aliphatic carbocycles. The van der Waals surface area contributed by atoms with E-state index < -0.39 is 11.4 Å². The molecule has 1 N–H and O–H groups in total. The number of carbonyl (C=O) groups is 1. The van der Waals surface area contributed by atoms with Crippen molar-refractivity contribution in [3.8, 4) is 0 Å². The molecule has 0 radical (unpaired) electrons. The maximum absolute atomic E-state index is 11.2. The van der Waals surface area contributed by atoms with Crippen molar-refractivity contribution in [3.05, 3.63) is 40.1 Å². The first-order chi connectivity index (χ1) is 9.38. The predicted octanol–water partition coefficient (Wildman–Crippen LogP) is 2.14. The minimum Gasteiger partial charge on any atom is -0.481 e. The maximum Gasteiger partial charge on any atom is 0.310 e. The molecule has 2 aromatic rings. The fourth-order valence-electron chi connectivity index (χ4n) is 1.70. The number of nitrogens with zero attached hydrogens (tertiary/aromatic N) is 4. The summed E-state index contributed by atoms with van der Waals surface area (Å²) in [5, 5.41) is 20.7. The Morgan fingerprint density at radius 3 is 2.60 bits per heavy atom. The predicted molar refractivity (Wildman–Crippen MR) is 76.2 cm³/mol. The van der Waals surface area contributed by atoms with E-state index in [4.69, 9.17) is 5.11 Å². The van der Waals surface area contributed by atoms with Gasteiger partial charge < -0.3 is 5.11 Å². The minimum atomic E-state index is -0.913. The number of tetrazole rings is 1. The van der Waals surface area contributed by atoms with E-state index in [1.165, 1.54) is 0 Å². The zero-order chi connectivity index (χ0) is 14.8. The van der Waals surface area contributed by atoms with Crippen LogP contribution >= 0.6 is 15.9 Å². The molecule has 1 heterocycles. The van der Waals surface area contributed by atoms with Crippen molar-refractivity contribution in [2.24, 2.45) is 5.41 Å². The van der Waals surface area contributed by atoms with Gasteiger partial charge in [0.25, 0.3) is 0 Å². The molecule has 0 spiro atoms. The molecule has 0 fully saturated rings. The first-order valence-corrected chi connectivity index (χ1v) is 6.91. The SMILES string of the molecule is CC(C)(Cn1nnnc1Cc1ccc(Br)cc1)C(=O)O. The smallest absolute Gasteiger partial charge is 0.310 e. The van der Waals surface area contributed by atoms with Gasteiger partial charge in [-0.2, -0.15) is 0 Å². The number of hydrogen-bond acceptors (Lipinski definition) is 4. The first kappa shape index (κ1) is 14.6. The average Bonchev–Trinajstić information content (AvgIpc) is 2.79. The van der Waals surface area contributed by atoms with Gasteiger partial charge in [0.15, 0.2) is 5.82 Å². The third-order valence-corrected chi connectivity index (χ3v) is 3.53. The van der Waals surface area contributed by atoms with Crippen molar-refractivity contribution in [3.63, 3.8) is 0 Å². The van der Waals surface area contributed by atoms with Crippen LogP contribution in [0.1, 0.15) is 25.2 Å². The highest BCUT2D eigenvalue weighted by molar-refractivity contribution is 9.10. The molecule has 0 saturated heterocycles. The molecule has 0 aliphatic rings. The van der Waals surface area contributed by atoms with E-state index in [2.05, 4.69) is 31.5 Å². The van der Waals surface area contributed by atoms with Crippen molar-refractivity contribution in [2.75, 3.05) is 0 Å². The number of carboxylic acid groups (broad SMARTS) is 1. The van der Waals surface area contributed by atoms with Crippen LogP contribution in [0.2, 0.25) is 0 Å². The Morgan fingerprint density at radius 1 is 1.35 bits per heavy atom. The molecular weight excluding hydrogens is 324 g/mol. The van der Waals surface area contributed by atoms with Gasteiger partial charge in [-0.05, 0) is 42.0 Å². The van der Waals surface area contributed by atoms with Gasteiger partial charge in [-0.25, -0.2) is 4.68 Å². The van der Waals surface area contributed by atoms with Crippen molar-refractivity contribution in [1.82, 2.24) is 20.2 Å². The molecule has 2 rings (SSSR count). The Balaban J connectivity index is 2.17. The standard InChI is InChI=1S/C13H15BrN4O2/c1-13(2,12(19)20)8-18-11(15-16-17-18)7-9-3-5-10(14)6-4-9/h3-6H,7-8H2,1-2H3,(H,19,20). The van der Waals surface area contributed by atoms with E-state index in [9.17, 15) is 4.79 Å². The second-order valence-electron chi connectivity index (χ2n) is 5.25. The molecule has 7 heteroatoms. The summed E-state index contributed by atoms with van der Waals surface area (Å²) >= 11 is 3.38. The minimum absolute atomic E-state index is 0.237. The van der Waals surface area contributed by atoms with Crippen molar-refractivity contribution >= 4 is 21.9 Å². The van der Waals surface area contributed by atoms with Gasteiger partial charge in [-0.3, -0.25) is 4.79 Å². The number of aliphatic carboxylic acids is 1. The molecule has 6 nitrogen and oxygen atoms in total. The summed E-state index contributed by atoms with van der Waals surface area (Å²) in [7, 11) is 0. The quantitative estimate of drug-likeness (QED) is 0.903. The van der Waals surface area contributed by atoms with Gasteiger partial charge in [0.1, 0.15) is 0 Å². The first-order valence-electron chi connectivity index (χ1n) is 6.11. The highest BCUT2D eigenvalue weighted by atomic mass is 79.9. The lowest BCUT2D eigenvalue weighted by molar-refractivity contribution is -0.147. The summed E-state index contributed by atoms with van der Waals surface area (Å²) in [4.78, 5) is 11.2. The summed E-state index contributed by atoms with van der Waals surface area (Å²) in [5.74, 6) is -0.218. The molecule has 0 aliphatic heterocycles. The monoisotopic (exact) mass is 338 g/mol. The third-order valence-electron chi connectivity index (χ3n) is 3.01. The number of hydrogen-bond donors (Lipinski definition) is 1. The van der Waals surface area contributed by atoms with Crippen LogP contribution in [0, 0.1) is 5.41 Å². The van der Waals surface area contributed by atoms with E-state index in [0.717, 1.165) is 10.0 Å². The van der Waals surface area contributed by atoms with Crippen LogP contribution in [0.15, 0.2) is 28.7 Å². The summed E-state index contributed by atoms with van der Waals surface area (Å²) in [6.45, 7) is 3.54. The average molecular weight is 339 g/mol. The van der Waals surface area contributed by atoms with Crippen LogP contribution in [-0.2, 0) is 17.8 Å². The number of rotatable bonds is 5. The Bertz CT molecular complexity index is 607. The van der Waals surface area contributed by atoms with E-state index in [-0.39, 0.29) is 6.54 Å². The Kier molecular flexibility index (Phi) is 4.17. The van der Waals surface area contributed by atoms with E-state index in [0.29, 0.717) is 12.2 Å². The van der Waals surface area contributed by atoms with Crippen molar-refractivity contribution < 1.29 is 9.90 Å². The Morgan fingerprint density at radius 2 is 2.00 bits per heavy atom. The van der Waals surface area contributed by atoms with Gasteiger partial charge in [0, 0.05) is 10.9 Å². The van der Waals surface area contributed by atoms with Gasteiger partial charge in [-0.15, -0.1) is 5.10 Å². The summed E-state index contributed by atoms with van der Waals surface area (Å²) in [5.41, 5.74) is 0.154. The maximum atomic E-state index is 11.2. The molecule has 1 aromatic carbocycles.